The van der Waals surface area contributed by atoms with Gasteiger partial charge in [0.25, 0.3) is 0 Å². The van der Waals surface area contributed by atoms with Crippen LogP contribution in [-0.4, -0.2) is 64.9 Å². The molecule has 2 saturated heterocycles. The van der Waals surface area contributed by atoms with Crippen LogP contribution < -0.4 is 10.5 Å². The topological polar surface area (TPSA) is 88.8 Å². The second kappa shape index (κ2) is 8.29. The number of nitrogens with two attached hydrogens (primary N) is 1. The molecule has 2 N–H and O–H groups in total. The fraction of sp³-hybridized carbons (Fsp3) is 0.611. The highest BCUT2D eigenvalue weighted by Gasteiger charge is 2.40. The minimum Gasteiger partial charge on any atom is -0.487 e. The van der Waals surface area contributed by atoms with Gasteiger partial charge in [0.2, 0.25) is 11.8 Å². The Hall–Kier alpha value is -2.15. The smallest absolute Gasteiger partial charge is 0.240 e. The zero-order valence-corrected chi connectivity index (χ0v) is 14.5. The number of rotatable bonds is 5. The van der Waals surface area contributed by atoms with Gasteiger partial charge in [-0.05, 0) is 38.1 Å². The van der Waals surface area contributed by atoms with E-state index in [1.54, 1.807) is 23.4 Å². The molecule has 0 bridgehead atoms. The van der Waals surface area contributed by atoms with Gasteiger partial charge in [-0.1, -0.05) is 12.8 Å². The van der Waals surface area contributed by atoms with Crippen LogP contribution in [0.25, 0.3) is 0 Å². The first-order chi connectivity index (χ1) is 12.1. The molecule has 0 radical (unpaired) electrons. The molecule has 3 rings (SSSR count). The number of likely N-dealkylation sites (tertiary alicyclic amines) is 2. The quantitative estimate of drug-likeness (QED) is 0.851. The Morgan fingerprint density at radius 3 is 2.64 bits per heavy atom. The average Bonchev–Trinajstić information content (AvgIpc) is 2.86. The van der Waals surface area contributed by atoms with Crippen molar-refractivity contribution in [1.82, 2.24) is 14.8 Å². The number of primary amides is 1. The number of hydrogen-bond acceptors (Lipinski definition) is 5. The summed E-state index contributed by atoms with van der Waals surface area (Å²) in [4.78, 5) is 32.3. The molecular weight excluding hydrogens is 320 g/mol. The van der Waals surface area contributed by atoms with Crippen molar-refractivity contribution in [3.63, 3.8) is 0 Å². The molecule has 25 heavy (non-hydrogen) atoms. The van der Waals surface area contributed by atoms with Crippen molar-refractivity contribution in [2.24, 2.45) is 5.73 Å². The number of hydrogen-bond donors (Lipinski definition) is 1. The number of carbonyl (C=O) groups excluding carboxylic acids is 2. The highest BCUT2D eigenvalue weighted by atomic mass is 16.5. The number of aromatic nitrogens is 1. The predicted molar refractivity (Wildman–Crippen MR) is 92.9 cm³/mol. The minimum atomic E-state index is -0.596. The van der Waals surface area contributed by atoms with Crippen LogP contribution >= 0.6 is 0 Å². The molecule has 1 aromatic rings. The lowest BCUT2D eigenvalue weighted by molar-refractivity contribution is -0.138. The molecule has 0 aromatic carbocycles. The van der Waals surface area contributed by atoms with Gasteiger partial charge >= 0.3 is 0 Å². The molecule has 3 heterocycles. The van der Waals surface area contributed by atoms with Gasteiger partial charge in [-0.15, -0.1) is 0 Å². The van der Waals surface area contributed by atoms with Gasteiger partial charge in [0.15, 0.2) is 0 Å². The maximum atomic E-state index is 12.7. The highest BCUT2D eigenvalue weighted by molar-refractivity contribution is 5.88. The summed E-state index contributed by atoms with van der Waals surface area (Å²) in [7, 11) is 0. The second-order valence-corrected chi connectivity index (χ2v) is 6.82. The van der Waals surface area contributed by atoms with Crippen LogP contribution in [0.1, 0.15) is 32.1 Å². The first-order valence-corrected chi connectivity index (χ1v) is 9.01. The normalized spacial score (nSPS) is 24.7. The van der Waals surface area contributed by atoms with E-state index in [-0.39, 0.29) is 12.0 Å². The van der Waals surface area contributed by atoms with Gasteiger partial charge < -0.3 is 15.4 Å². The molecule has 0 spiro atoms. The first-order valence-electron chi connectivity index (χ1n) is 9.01. The Morgan fingerprint density at radius 2 is 2.00 bits per heavy atom. The van der Waals surface area contributed by atoms with E-state index in [0.29, 0.717) is 25.3 Å². The molecule has 2 amide bonds. The molecule has 2 atom stereocenters. The minimum absolute atomic E-state index is 0.0389. The molecule has 2 aliphatic rings. The zero-order chi connectivity index (χ0) is 17.6. The molecular formula is C18H26N4O3. The lowest BCUT2D eigenvalue weighted by atomic mass is 10.2. The van der Waals surface area contributed by atoms with Crippen molar-refractivity contribution in [2.45, 2.75) is 44.2 Å². The standard InChI is InChI=1S/C18H26N4O3/c19-18(24)16-10-15(25-14-6-5-7-20-11-14)12-22(16)17(23)13-21-8-3-1-2-4-9-21/h5-7,11,15-16H,1-4,8-10,12-13H2,(H2,19,24)/t15-,16-/m0/s1. The fourth-order valence-electron chi connectivity index (χ4n) is 3.61. The third-order valence-electron chi connectivity index (χ3n) is 4.91. The van der Waals surface area contributed by atoms with Gasteiger partial charge in [0.1, 0.15) is 17.9 Å². The fourth-order valence-corrected chi connectivity index (χ4v) is 3.61. The summed E-state index contributed by atoms with van der Waals surface area (Å²) < 4.78 is 5.87. The van der Waals surface area contributed by atoms with E-state index in [0.717, 1.165) is 25.9 Å². The van der Waals surface area contributed by atoms with E-state index in [1.165, 1.54) is 12.8 Å². The van der Waals surface area contributed by atoms with Crippen LogP contribution in [0.2, 0.25) is 0 Å². The van der Waals surface area contributed by atoms with Gasteiger partial charge in [0, 0.05) is 12.6 Å². The summed E-state index contributed by atoms with van der Waals surface area (Å²) in [5.74, 6) is 0.127. The van der Waals surface area contributed by atoms with Crippen molar-refractivity contribution in [2.75, 3.05) is 26.2 Å². The van der Waals surface area contributed by atoms with E-state index in [1.807, 2.05) is 6.07 Å². The zero-order valence-electron chi connectivity index (χ0n) is 14.5. The van der Waals surface area contributed by atoms with Crippen LogP contribution in [0.4, 0.5) is 0 Å². The van der Waals surface area contributed by atoms with Gasteiger partial charge in [-0.3, -0.25) is 19.5 Å². The molecule has 7 nitrogen and oxygen atoms in total. The molecule has 2 fully saturated rings. The summed E-state index contributed by atoms with van der Waals surface area (Å²) in [5, 5.41) is 0. The molecule has 0 saturated carbocycles. The summed E-state index contributed by atoms with van der Waals surface area (Å²) in [6.07, 6.45) is 8.17. The number of ether oxygens (including phenoxy) is 1. The monoisotopic (exact) mass is 346 g/mol. The lowest BCUT2D eigenvalue weighted by Crippen LogP contribution is -2.47. The van der Waals surface area contributed by atoms with Crippen molar-refractivity contribution in [3.8, 4) is 5.75 Å². The molecule has 7 heteroatoms. The Kier molecular flexibility index (Phi) is 5.86. The molecule has 1 aromatic heterocycles. The Bertz CT molecular complexity index is 587. The summed E-state index contributed by atoms with van der Waals surface area (Å²) in [6, 6.07) is 3.01. The average molecular weight is 346 g/mol. The van der Waals surface area contributed by atoms with Crippen LogP contribution in [-0.2, 0) is 9.59 Å². The Balaban J connectivity index is 1.61. The van der Waals surface area contributed by atoms with Crippen LogP contribution in [0, 0.1) is 0 Å². The van der Waals surface area contributed by atoms with Crippen molar-refractivity contribution >= 4 is 11.8 Å². The predicted octanol–water partition coefficient (Wildman–Crippen LogP) is 0.791. The molecule has 0 aliphatic carbocycles. The van der Waals surface area contributed by atoms with Gasteiger partial charge in [-0.25, -0.2) is 0 Å². The van der Waals surface area contributed by atoms with Crippen LogP contribution in [0.3, 0.4) is 0 Å². The molecule has 2 aliphatic heterocycles. The van der Waals surface area contributed by atoms with E-state index < -0.39 is 11.9 Å². The lowest BCUT2D eigenvalue weighted by Gasteiger charge is -2.26. The van der Waals surface area contributed by atoms with Gasteiger partial charge in [-0.2, -0.15) is 0 Å². The van der Waals surface area contributed by atoms with Crippen LogP contribution in [0.5, 0.6) is 5.75 Å². The number of nitrogens with zero attached hydrogens (tertiary/aromatic N) is 3. The summed E-state index contributed by atoms with van der Waals surface area (Å²) in [5.41, 5.74) is 5.53. The molecule has 0 unspecified atom stereocenters. The third-order valence-corrected chi connectivity index (χ3v) is 4.91. The highest BCUT2D eigenvalue weighted by Crippen LogP contribution is 2.23. The Morgan fingerprint density at radius 1 is 1.24 bits per heavy atom. The third kappa shape index (κ3) is 4.69. The van der Waals surface area contributed by atoms with Crippen molar-refractivity contribution in [3.05, 3.63) is 24.5 Å². The van der Waals surface area contributed by atoms with Crippen molar-refractivity contribution in [1.29, 1.82) is 0 Å². The van der Waals surface area contributed by atoms with E-state index in [2.05, 4.69) is 9.88 Å². The van der Waals surface area contributed by atoms with Gasteiger partial charge in [0.05, 0.1) is 19.3 Å². The van der Waals surface area contributed by atoms with Crippen molar-refractivity contribution < 1.29 is 14.3 Å². The SMILES string of the molecule is NC(=O)[C@@H]1C[C@H](Oc2cccnc2)CN1C(=O)CN1CCCCCC1. The summed E-state index contributed by atoms with van der Waals surface area (Å²) in [6.45, 7) is 2.62. The largest absolute Gasteiger partial charge is 0.487 e. The number of carbonyl (C=O) groups is 2. The number of pyridine rings is 1. The molecule has 136 valence electrons. The maximum Gasteiger partial charge on any atom is 0.240 e. The van der Waals surface area contributed by atoms with E-state index >= 15 is 0 Å². The second-order valence-electron chi connectivity index (χ2n) is 6.82. The van der Waals surface area contributed by atoms with Crippen LogP contribution in [0.15, 0.2) is 24.5 Å². The first kappa shape index (κ1) is 17.7. The maximum absolute atomic E-state index is 12.7. The van der Waals surface area contributed by atoms with E-state index in [9.17, 15) is 9.59 Å². The van der Waals surface area contributed by atoms with E-state index in [4.69, 9.17) is 10.5 Å². The summed E-state index contributed by atoms with van der Waals surface area (Å²) >= 11 is 0. The Labute approximate surface area is 148 Å². The number of amides is 2.